The van der Waals surface area contributed by atoms with Gasteiger partial charge in [-0.15, -0.1) is 0 Å². The molecule has 0 bridgehead atoms. The second-order valence-electron chi connectivity index (χ2n) is 8.36. The minimum atomic E-state index is -4.42. The molecule has 0 amide bonds. The van der Waals surface area contributed by atoms with Gasteiger partial charge in [0, 0.05) is 34.6 Å². The summed E-state index contributed by atoms with van der Waals surface area (Å²) in [4.78, 5) is 20.9. The zero-order valence-corrected chi connectivity index (χ0v) is 20.6. The largest absolute Gasteiger partial charge is 0.493 e. The van der Waals surface area contributed by atoms with Crippen molar-refractivity contribution in [1.82, 2.24) is 29.4 Å². The number of nitrogens with zero attached hydrogens (tertiary/aromatic N) is 4. The Morgan fingerprint density at radius 1 is 1.33 bits per heavy atom. The molecule has 3 aromatic rings. The van der Waals surface area contributed by atoms with Crippen molar-refractivity contribution in [1.29, 1.82) is 0 Å². The molecule has 3 heterocycles. The summed E-state index contributed by atoms with van der Waals surface area (Å²) in [5, 5.41) is 4.00. The minimum absolute atomic E-state index is 0.00360. The smallest absolute Gasteiger partial charge is 0.277 e. The van der Waals surface area contributed by atoms with Crippen molar-refractivity contribution in [2.75, 3.05) is 26.7 Å². The third-order valence-corrected chi connectivity index (χ3v) is 7.19. The van der Waals surface area contributed by atoms with Crippen molar-refractivity contribution in [2.24, 2.45) is 6.98 Å². The number of fused-ring (bicyclic) bond motifs is 1. The van der Waals surface area contributed by atoms with Gasteiger partial charge in [-0.1, -0.05) is 20.2 Å². The molecule has 1 unspecified atom stereocenters. The van der Waals surface area contributed by atoms with Gasteiger partial charge in [0.05, 0.1) is 22.8 Å². The lowest BCUT2D eigenvalue weighted by molar-refractivity contribution is 0.297. The lowest BCUT2D eigenvalue weighted by Crippen LogP contribution is -2.31. The standard InChI is InChI=1S/C25H36N6O4S/c1-5-8-20-22-23(31(4)29-20)25(32)28-24(27-22)19-16-18(10-11-21(19)35-15-6-2)36(33,34)26-13-12-17-9-7-14-30(17)3/h10-11,16-17,26H,5-9,12-15H2,1-4H3,(H,27,28,32)/i1D3,3D3,4D3,12D2. The van der Waals surface area contributed by atoms with Gasteiger partial charge in [0.1, 0.15) is 17.1 Å². The van der Waals surface area contributed by atoms with E-state index in [1.807, 2.05) is 6.92 Å². The fraction of sp³-hybridized carbons (Fsp3) is 0.560. The van der Waals surface area contributed by atoms with Crippen LogP contribution in [0.15, 0.2) is 27.9 Å². The van der Waals surface area contributed by atoms with E-state index in [0.29, 0.717) is 17.5 Å². The topological polar surface area (TPSA) is 122 Å². The van der Waals surface area contributed by atoms with E-state index in [1.54, 1.807) is 0 Å². The number of likely N-dealkylation sites (tertiary alicyclic amines) is 1. The summed E-state index contributed by atoms with van der Waals surface area (Å²) >= 11 is 0. The van der Waals surface area contributed by atoms with Crippen LogP contribution in [0, 0.1) is 0 Å². The van der Waals surface area contributed by atoms with E-state index in [1.165, 1.54) is 12.1 Å². The molecule has 0 spiro atoms. The van der Waals surface area contributed by atoms with Crippen molar-refractivity contribution in [3.8, 4) is 17.1 Å². The monoisotopic (exact) mass is 527 g/mol. The Balaban J connectivity index is 1.77. The van der Waals surface area contributed by atoms with Gasteiger partial charge >= 0.3 is 0 Å². The van der Waals surface area contributed by atoms with E-state index in [0.717, 1.165) is 11.0 Å². The lowest BCUT2D eigenvalue weighted by Gasteiger charge is -2.19. The predicted molar refractivity (Wildman–Crippen MR) is 140 cm³/mol. The van der Waals surface area contributed by atoms with Crippen LogP contribution in [0.3, 0.4) is 0 Å². The molecule has 1 atom stereocenters. The molecule has 196 valence electrons. The van der Waals surface area contributed by atoms with Crippen LogP contribution < -0.4 is 15.0 Å². The van der Waals surface area contributed by atoms with Crippen LogP contribution in [0.4, 0.5) is 0 Å². The highest BCUT2D eigenvalue weighted by atomic mass is 32.2. The molecule has 1 aromatic carbocycles. The van der Waals surface area contributed by atoms with Gasteiger partial charge in [-0.25, -0.2) is 18.1 Å². The highest BCUT2D eigenvalue weighted by Gasteiger charge is 2.23. The number of aromatic amines is 1. The van der Waals surface area contributed by atoms with Crippen molar-refractivity contribution < 1.29 is 28.2 Å². The first-order valence-electron chi connectivity index (χ1n) is 17.1. The summed E-state index contributed by atoms with van der Waals surface area (Å²) in [7, 11) is -4.42. The van der Waals surface area contributed by atoms with Crippen LogP contribution in [-0.4, -0.2) is 65.8 Å². The number of nitrogens with one attached hydrogen (secondary N) is 2. The molecular weight excluding hydrogens is 480 g/mol. The van der Waals surface area contributed by atoms with Gasteiger partial charge in [0.25, 0.3) is 5.56 Å². The molecule has 0 saturated carbocycles. The van der Waals surface area contributed by atoms with Crippen LogP contribution in [0.2, 0.25) is 0 Å². The number of ether oxygens (including phenoxy) is 1. The van der Waals surface area contributed by atoms with Crippen molar-refractivity contribution >= 4 is 21.1 Å². The number of hydrogen-bond acceptors (Lipinski definition) is 7. The minimum Gasteiger partial charge on any atom is -0.493 e. The van der Waals surface area contributed by atoms with Gasteiger partial charge in [0.2, 0.25) is 10.0 Å². The second kappa shape index (κ2) is 11.1. The van der Waals surface area contributed by atoms with E-state index < -0.39 is 60.9 Å². The van der Waals surface area contributed by atoms with Crippen LogP contribution in [-0.2, 0) is 23.4 Å². The molecule has 1 aliphatic heterocycles. The molecule has 4 rings (SSSR count). The summed E-state index contributed by atoms with van der Waals surface area (Å²) in [6, 6.07) is 2.64. The molecule has 1 saturated heterocycles. The van der Waals surface area contributed by atoms with Crippen LogP contribution in [0.1, 0.15) is 66.6 Å². The Kier molecular flexibility index (Phi) is 4.77. The lowest BCUT2D eigenvalue weighted by atomic mass is 10.1. The Hall–Kier alpha value is -2.76. The Morgan fingerprint density at radius 2 is 2.22 bits per heavy atom. The van der Waals surface area contributed by atoms with E-state index in [2.05, 4.69) is 19.8 Å². The zero-order chi connectivity index (χ0) is 35.2. The highest BCUT2D eigenvalue weighted by molar-refractivity contribution is 7.89. The van der Waals surface area contributed by atoms with Crippen LogP contribution in [0.25, 0.3) is 22.4 Å². The first kappa shape index (κ1) is 15.5. The SMILES string of the molecule is [2H]C([2H])([2H])CCc1nn(C([2H])([2H])[2H])c2c(=O)[nH]c(-c3cc(S(=O)(=O)NCC([2H])([2H])C4CCCN4C([2H])([2H])[2H])ccc3OCCC)nc12. The van der Waals surface area contributed by atoms with Crippen molar-refractivity contribution in [3.63, 3.8) is 0 Å². The molecule has 36 heavy (non-hydrogen) atoms. The quantitative estimate of drug-likeness (QED) is 0.393. The summed E-state index contributed by atoms with van der Waals surface area (Å²) < 4.78 is 122. The molecule has 2 N–H and O–H groups in total. The Bertz CT molecular complexity index is 1770. The molecule has 1 aliphatic rings. The third kappa shape index (κ3) is 5.47. The predicted octanol–water partition coefficient (Wildman–Crippen LogP) is 2.83. The molecule has 0 aliphatic carbocycles. The van der Waals surface area contributed by atoms with Crippen LogP contribution >= 0.6 is 0 Å². The maximum atomic E-state index is 13.4. The van der Waals surface area contributed by atoms with E-state index >= 15 is 0 Å². The third-order valence-electron chi connectivity index (χ3n) is 5.79. The van der Waals surface area contributed by atoms with Gasteiger partial charge in [0.15, 0.2) is 5.52 Å². The maximum absolute atomic E-state index is 13.4. The Morgan fingerprint density at radius 3 is 3.00 bits per heavy atom. The first-order chi connectivity index (χ1) is 21.5. The average molecular weight is 528 g/mol. The number of rotatable bonds is 11. The number of sulfonamides is 1. The molecule has 1 fully saturated rings. The number of H-pyrrole nitrogens is 1. The molecular formula is C25H36N6O4S. The number of aromatic nitrogens is 4. The molecule has 2 aromatic heterocycles. The van der Waals surface area contributed by atoms with Crippen molar-refractivity contribution in [2.45, 2.75) is 63.2 Å². The number of hydrogen-bond donors (Lipinski definition) is 2. The van der Waals surface area contributed by atoms with E-state index in [4.69, 9.17) is 19.8 Å². The summed E-state index contributed by atoms with van der Waals surface area (Å²) in [6.07, 6.45) is -1.61. The highest BCUT2D eigenvalue weighted by Crippen LogP contribution is 2.31. The average Bonchev–Trinajstić information content (AvgIpc) is 3.60. The normalized spacial score (nSPS) is 22.7. The number of benzene rings is 1. The van der Waals surface area contributed by atoms with E-state index in [9.17, 15) is 13.2 Å². The molecule has 10 nitrogen and oxygen atoms in total. The Labute approximate surface area is 227 Å². The number of aryl methyl sites for hydroxylation is 2. The van der Waals surface area contributed by atoms with Crippen LogP contribution in [0.5, 0.6) is 5.75 Å². The maximum Gasteiger partial charge on any atom is 0.277 e. The molecule has 0 radical (unpaired) electrons. The van der Waals surface area contributed by atoms with Gasteiger partial charge < -0.3 is 14.6 Å². The summed E-state index contributed by atoms with van der Waals surface area (Å²) in [6.45, 7) is -6.37. The second-order valence-corrected chi connectivity index (χ2v) is 10.1. The van der Waals surface area contributed by atoms with Crippen molar-refractivity contribution in [3.05, 3.63) is 34.2 Å². The van der Waals surface area contributed by atoms with Gasteiger partial charge in [-0.2, -0.15) is 5.10 Å². The zero-order valence-electron chi connectivity index (χ0n) is 30.8. The van der Waals surface area contributed by atoms with Gasteiger partial charge in [-0.3, -0.25) is 9.48 Å². The first-order valence-corrected chi connectivity index (χ1v) is 13.1. The summed E-state index contributed by atoms with van der Waals surface area (Å²) in [5.41, 5.74) is -1.58. The van der Waals surface area contributed by atoms with E-state index in [-0.39, 0.29) is 65.7 Å². The fourth-order valence-corrected chi connectivity index (χ4v) is 4.97. The fourth-order valence-electron chi connectivity index (χ4n) is 4.01. The summed E-state index contributed by atoms with van der Waals surface area (Å²) in [5.74, 6) is -0.0874. The van der Waals surface area contributed by atoms with Gasteiger partial charge in [-0.05, 0) is 63.8 Å². The molecule has 11 heteroatoms.